The molecule has 186 valence electrons. The van der Waals surface area contributed by atoms with Gasteiger partial charge in [-0.15, -0.1) is 7.92 Å². The fraction of sp³-hybridized carbons (Fsp3) is 0.963. The number of carboxylic acid groups (broad SMARTS) is 1. The Labute approximate surface area is 215 Å². The zero-order valence-electron chi connectivity index (χ0n) is 21.9. The average molecular weight is 563 g/mol. The van der Waals surface area contributed by atoms with Crippen LogP contribution in [0.15, 0.2) is 0 Å². The van der Waals surface area contributed by atoms with E-state index in [4.69, 9.17) is 5.11 Å². The van der Waals surface area contributed by atoms with Gasteiger partial charge in [0.05, 0.1) is 0 Å². The molecule has 0 heterocycles. The minimum atomic E-state index is -0.745. The van der Waals surface area contributed by atoms with Gasteiger partial charge in [-0.3, -0.25) is 4.79 Å². The van der Waals surface area contributed by atoms with Gasteiger partial charge in [-0.25, -0.2) is 0 Å². The van der Waals surface area contributed by atoms with Crippen LogP contribution in [0.5, 0.6) is 0 Å². The van der Waals surface area contributed by atoms with Crippen LogP contribution in [-0.2, 0) is 4.79 Å². The van der Waals surface area contributed by atoms with Crippen LogP contribution in [0.2, 0.25) is 0 Å². The van der Waals surface area contributed by atoms with Gasteiger partial charge in [-0.05, 0) is 37.7 Å². The second-order valence-corrected chi connectivity index (χ2v) is 11.6. The van der Waals surface area contributed by atoms with Gasteiger partial charge < -0.3 is 5.11 Å². The molecule has 0 amide bonds. The van der Waals surface area contributed by atoms with Gasteiger partial charge in [0.25, 0.3) is 0 Å². The van der Waals surface area contributed by atoms with Crippen LogP contribution in [0.25, 0.3) is 0 Å². The first-order valence-electron chi connectivity index (χ1n) is 13.6. The molecule has 0 saturated carbocycles. The Morgan fingerprint density at radius 2 is 0.742 bits per heavy atom. The minimum Gasteiger partial charge on any atom is -0.481 e. The van der Waals surface area contributed by atoms with Crippen molar-refractivity contribution in [3.63, 3.8) is 0 Å². The molecule has 1 N–H and O–H groups in total. The van der Waals surface area contributed by atoms with Gasteiger partial charge in [-0.1, -0.05) is 124 Å². The Kier molecular flexibility index (Phi) is 38.5. The van der Waals surface area contributed by atoms with E-state index >= 15 is 0 Å². The fourth-order valence-electron chi connectivity index (χ4n) is 3.68. The van der Waals surface area contributed by atoms with Gasteiger partial charge in [-0.2, -0.15) is 0 Å². The normalized spacial score (nSPS) is 10.5. The van der Waals surface area contributed by atoms with Crippen LogP contribution < -0.4 is 0 Å². The van der Waals surface area contributed by atoms with Crippen molar-refractivity contribution in [2.75, 3.05) is 18.5 Å². The van der Waals surface area contributed by atoms with Crippen molar-refractivity contribution >= 4 is 37.8 Å². The largest absolute Gasteiger partial charge is 0.481 e. The van der Waals surface area contributed by atoms with Gasteiger partial charge >= 0.3 is 5.97 Å². The number of hydrogen-bond acceptors (Lipinski definition) is 1. The standard InChI is InChI=1S/C24H51P.C3H6O2.Sn/c1-4-7-10-13-16-19-22-25(23-20-17-14-11-8-5-2)24-21-18-15-12-9-6-3;1-2-3(4)5;/h4-24H2,1-3H3;2H2,1H3,(H,4,5);. The number of unbranched alkanes of at least 4 members (excludes halogenated alkanes) is 15. The Bertz CT molecular complexity index is 288. The molecule has 0 aromatic carbocycles. The Morgan fingerprint density at radius 1 is 0.516 bits per heavy atom. The van der Waals surface area contributed by atoms with Crippen molar-refractivity contribution in [1.29, 1.82) is 0 Å². The van der Waals surface area contributed by atoms with Crippen molar-refractivity contribution in [3.05, 3.63) is 0 Å². The Balaban J connectivity index is -0.00000116. The topological polar surface area (TPSA) is 37.3 Å². The molecule has 0 saturated heterocycles. The van der Waals surface area contributed by atoms with Gasteiger partial charge in [0.15, 0.2) is 0 Å². The number of carboxylic acids is 1. The first-order valence-corrected chi connectivity index (χ1v) is 15.5. The number of carbonyl (C=O) groups is 1. The summed E-state index contributed by atoms with van der Waals surface area (Å²) in [5, 5.41) is 7.72. The molecule has 0 atom stereocenters. The molecule has 4 radical (unpaired) electrons. The molecule has 0 bridgehead atoms. The summed E-state index contributed by atoms with van der Waals surface area (Å²) < 4.78 is 0. The molecule has 0 rings (SSSR count). The zero-order valence-corrected chi connectivity index (χ0v) is 25.6. The third-order valence-corrected chi connectivity index (χ3v) is 8.63. The maximum Gasteiger partial charge on any atom is 0.303 e. The van der Waals surface area contributed by atoms with E-state index in [1.807, 2.05) is 0 Å². The maximum atomic E-state index is 9.37. The van der Waals surface area contributed by atoms with Crippen molar-refractivity contribution in [3.8, 4) is 0 Å². The Morgan fingerprint density at radius 3 is 0.968 bits per heavy atom. The summed E-state index contributed by atoms with van der Waals surface area (Å²) in [6, 6.07) is 0. The van der Waals surface area contributed by atoms with E-state index in [0.29, 0.717) is 7.92 Å². The van der Waals surface area contributed by atoms with Gasteiger partial charge in [0, 0.05) is 30.3 Å². The van der Waals surface area contributed by atoms with E-state index in [9.17, 15) is 4.79 Å². The molecule has 0 unspecified atom stereocenters. The third-order valence-electron chi connectivity index (χ3n) is 5.79. The summed E-state index contributed by atoms with van der Waals surface area (Å²) in [4.78, 5) is 9.37. The fourth-order valence-corrected chi connectivity index (χ4v) is 6.37. The summed E-state index contributed by atoms with van der Waals surface area (Å²) in [5.41, 5.74) is 0. The first kappa shape index (κ1) is 36.3. The van der Waals surface area contributed by atoms with E-state index in [1.165, 1.54) is 116 Å². The zero-order chi connectivity index (χ0) is 22.7. The van der Waals surface area contributed by atoms with Crippen molar-refractivity contribution in [1.82, 2.24) is 0 Å². The SMILES string of the molecule is CCC(=O)O.CCCCCCCCP(CCCCCCCC)CCCCCCCC.[Sn]. The van der Waals surface area contributed by atoms with E-state index in [1.54, 1.807) is 25.4 Å². The van der Waals surface area contributed by atoms with Crippen LogP contribution in [0.1, 0.15) is 150 Å². The van der Waals surface area contributed by atoms with Crippen LogP contribution in [0.3, 0.4) is 0 Å². The molecule has 4 heteroatoms. The quantitative estimate of drug-likeness (QED) is 0.0809. The predicted octanol–water partition coefficient (Wildman–Crippen LogP) is 9.65. The van der Waals surface area contributed by atoms with E-state index in [0.717, 1.165) is 0 Å². The van der Waals surface area contributed by atoms with Crippen LogP contribution >= 0.6 is 7.92 Å². The van der Waals surface area contributed by atoms with Gasteiger partial charge in [0.2, 0.25) is 0 Å². The number of aliphatic carboxylic acids is 1. The van der Waals surface area contributed by atoms with E-state index in [2.05, 4.69) is 20.8 Å². The van der Waals surface area contributed by atoms with Crippen LogP contribution in [-0.4, -0.2) is 53.5 Å². The van der Waals surface area contributed by atoms with Crippen LogP contribution in [0, 0.1) is 0 Å². The van der Waals surface area contributed by atoms with Crippen molar-refractivity contribution in [2.45, 2.75) is 150 Å². The second-order valence-electron chi connectivity index (χ2n) is 8.89. The molecule has 2 nitrogen and oxygen atoms in total. The molecular weight excluding hydrogens is 506 g/mol. The predicted molar refractivity (Wildman–Crippen MR) is 145 cm³/mol. The van der Waals surface area contributed by atoms with Crippen molar-refractivity contribution in [2.24, 2.45) is 0 Å². The van der Waals surface area contributed by atoms with Crippen molar-refractivity contribution < 1.29 is 9.90 Å². The Hall–Kier alpha value is 0.699. The molecule has 0 spiro atoms. The van der Waals surface area contributed by atoms with Crippen LogP contribution in [0.4, 0.5) is 0 Å². The summed E-state index contributed by atoms with van der Waals surface area (Å²) in [5.74, 6) is -0.745. The smallest absolute Gasteiger partial charge is 0.303 e. The van der Waals surface area contributed by atoms with E-state index in [-0.39, 0.29) is 30.3 Å². The summed E-state index contributed by atoms with van der Waals surface area (Å²) in [6.07, 6.45) is 31.5. The molecule has 0 aliphatic carbocycles. The number of hydrogen-bond donors (Lipinski definition) is 1. The minimum absolute atomic E-state index is 0. The molecule has 0 fully saturated rings. The van der Waals surface area contributed by atoms with Gasteiger partial charge in [0.1, 0.15) is 0 Å². The molecular formula is C27H57O2PSn. The third kappa shape index (κ3) is 35.5. The summed E-state index contributed by atoms with van der Waals surface area (Å²) in [7, 11) is 0.366. The monoisotopic (exact) mass is 564 g/mol. The maximum absolute atomic E-state index is 9.37. The molecule has 0 aromatic heterocycles. The first-order chi connectivity index (χ1) is 14.6. The molecule has 0 aliphatic heterocycles. The number of rotatable bonds is 22. The average Bonchev–Trinajstić information content (AvgIpc) is 2.75. The molecule has 0 aliphatic rings. The summed E-state index contributed by atoms with van der Waals surface area (Å²) in [6.45, 7) is 8.56. The second kappa shape index (κ2) is 32.9. The molecule has 31 heavy (non-hydrogen) atoms. The molecule has 0 aromatic rings. The summed E-state index contributed by atoms with van der Waals surface area (Å²) >= 11 is 0. The van der Waals surface area contributed by atoms with E-state index < -0.39 is 5.97 Å².